The van der Waals surface area contributed by atoms with Gasteiger partial charge in [-0.1, -0.05) is 45.7 Å². The Morgan fingerprint density at radius 3 is 2.52 bits per heavy atom. The van der Waals surface area contributed by atoms with Crippen molar-refractivity contribution in [1.82, 2.24) is 4.98 Å². The SMILES string of the molecule is Cc1sc(-c2c(F)cccc2Cl)nc1-c1ccc(Br)cc1. The number of rotatable bonds is 2. The molecule has 0 saturated carbocycles. The van der Waals surface area contributed by atoms with Gasteiger partial charge in [0.25, 0.3) is 0 Å². The van der Waals surface area contributed by atoms with E-state index in [1.807, 2.05) is 31.2 Å². The largest absolute Gasteiger partial charge is 0.236 e. The smallest absolute Gasteiger partial charge is 0.134 e. The van der Waals surface area contributed by atoms with Crippen molar-refractivity contribution in [2.45, 2.75) is 6.92 Å². The topological polar surface area (TPSA) is 12.9 Å². The molecule has 0 atom stereocenters. The molecule has 3 rings (SSSR count). The molecule has 0 radical (unpaired) electrons. The van der Waals surface area contributed by atoms with Crippen LogP contribution in [0.2, 0.25) is 5.02 Å². The van der Waals surface area contributed by atoms with E-state index in [0.717, 1.165) is 20.6 Å². The number of aromatic nitrogens is 1. The summed E-state index contributed by atoms with van der Waals surface area (Å²) in [6.45, 7) is 1.98. The monoisotopic (exact) mass is 381 g/mol. The molecule has 0 spiro atoms. The lowest BCUT2D eigenvalue weighted by atomic mass is 10.1. The van der Waals surface area contributed by atoms with Crippen LogP contribution in [0.3, 0.4) is 0 Å². The maximum atomic E-state index is 14.0. The maximum absolute atomic E-state index is 14.0. The number of halogens is 3. The van der Waals surface area contributed by atoms with Crippen LogP contribution < -0.4 is 0 Å². The van der Waals surface area contributed by atoms with Gasteiger partial charge in [0.15, 0.2) is 0 Å². The average molecular weight is 383 g/mol. The van der Waals surface area contributed by atoms with Gasteiger partial charge in [-0.25, -0.2) is 9.37 Å². The van der Waals surface area contributed by atoms with E-state index in [1.165, 1.54) is 17.4 Å². The zero-order valence-corrected chi connectivity index (χ0v) is 14.2. The maximum Gasteiger partial charge on any atom is 0.134 e. The summed E-state index contributed by atoms with van der Waals surface area (Å²) in [7, 11) is 0. The summed E-state index contributed by atoms with van der Waals surface area (Å²) in [6, 6.07) is 12.6. The summed E-state index contributed by atoms with van der Waals surface area (Å²) in [5.74, 6) is -0.349. The molecule has 0 fully saturated rings. The van der Waals surface area contributed by atoms with Crippen molar-refractivity contribution in [3.8, 4) is 21.8 Å². The zero-order valence-electron chi connectivity index (χ0n) is 11.0. The van der Waals surface area contributed by atoms with Crippen LogP contribution >= 0.6 is 38.9 Å². The highest BCUT2D eigenvalue weighted by Crippen LogP contribution is 2.37. The predicted molar refractivity (Wildman–Crippen MR) is 90.4 cm³/mol. The third-order valence-electron chi connectivity index (χ3n) is 3.09. The van der Waals surface area contributed by atoms with E-state index in [2.05, 4.69) is 20.9 Å². The second-order valence-electron chi connectivity index (χ2n) is 4.53. The average Bonchev–Trinajstić information content (AvgIpc) is 2.81. The van der Waals surface area contributed by atoms with Crippen LogP contribution in [0.5, 0.6) is 0 Å². The minimum absolute atomic E-state index is 0.349. The molecule has 1 heterocycles. The van der Waals surface area contributed by atoms with Gasteiger partial charge >= 0.3 is 0 Å². The van der Waals surface area contributed by atoms with E-state index in [1.54, 1.807) is 12.1 Å². The number of benzene rings is 2. The molecule has 1 aromatic heterocycles. The molecule has 0 bridgehead atoms. The minimum atomic E-state index is -0.349. The molecule has 2 aromatic carbocycles. The molecule has 1 nitrogen and oxygen atoms in total. The lowest BCUT2D eigenvalue weighted by molar-refractivity contribution is 0.631. The fourth-order valence-electron chi connectivity index (χ4n) is 2.08. The van der Waals surface area contributed by atoms with Gasteiger partial charge in [-0.2, -0.15) is 0 Å². The first-order chi connectivity index (χ1) is 10.1. The predicted octanol–water partition coefficient (Wildman–Crippen LogP) is 6.34. The normalized spacial score (nSPS) is 10.9. The first-order valence-electron chi connectivity index (χ1n) is 6.24. The third-order valence-corrected chi connectivity index (χ3v) is 4.92. The Kier molecular flexibility index (Phi) is 4.11. The Labute approximate surface area is 139 Å². The molecule has 3 aromatic rings. The molecular weight excluding hydrogens is 373 g/mol. The second-order valence-corrected chi connectivity index (χ2v) is 7.05. The highest BCUT2D eigenvalue weighted by molar-refractivity contribution is 9.10. The van der Waals surface area contributed by atoms with E-state index >= 15 is 0 Å². The van der Waals surface area contributed by atoms with E-state index in [9.17, 15) is 4.39 Å². The molecule has 0 unspecified atom stereocenters. The first kappa shape index (κ1) is 14.7. The van der Waals surface area contributed by atoms with Crippen molar-refractivity contribution in [3.63, 3.8) is 0 Å². The van der Waals surface area contributed by atoms with Crippen LogP contribution in [-0.2, 0) is 0 Å². The van der Waals surface area contributed by atoms with Crippen molar-refractivity contribution >= 4 is 38.9 Å². The molecule has 0 N–H and O–H groups in total. The third kappa shape index (κ3) is 2.89. The van der Waals surface area contributed by atoms with E-state index < -0.39 is 0 Å². The standard InChI is InChI=1S/C16H10BrClFNS/c1-9-15(10-5-7-11(17)8-6-10)20-16(21-9)14-12(18)3-2-4-13(14)19/h2-8H,1H3. The number of hydrogen-bond acceptors (Lipinski definition) is 2. The molecular formula is C16H10BrClFNS. The molecule has 0 aliphatic carbocycles. The van der Waals surface area contributed by atoms with Gasteiger partial charge in [-0.15, -0.1) is 11.3 Å². The van der Waals surface area contributed by atoms with Gasteiger partial charge in [0.2, 0.25) is 0 Å². The highest BCUT2D eigenvalue weighted by Gasteiger charge is 2.16. The van der Waals surface area contributed by atoms with Crippen LogP contribution in [0.15, 0.2) is 46.9 Å². The van der Waals surface area contributed by atoms with E-state index in [0.29, 0.717) is 15.6 Å². The summed E-state index contributed by atoms with van der Waals surface area (Å²) < 4.78 is 15.0. The van der Waals surface area contributed by atoms with Gasteiger partial charge in [0, 0.05) is 14.9 Å². The van der Waals surface area contributed by atoms with Crippen molar-refractivity contribution < 1.29 is 4.39 Å². The van der Waals surface area contributed by atoms with Gasteiger partial charge in [0.05, 0.1) is 16.3 Å². The molecule has 5 heteroatoms. The number of thiazole rings is 1. The Morgan fingerprint density at radius 2 is 1.86 bits per heavy atom. The lowest BCUT2D eigenvalue weighted by Gasteiger charge is -2.01. The van der Waals surface area contributed by atoms with Crippen LogP contribution in [0.4, 0.5) is 4.39 Å². The van der Waals surface area contributed by atoms with Crippen molar-refractivity contribution in [2.75, 3.05) is 0 Å². The quantitative estimate of drug-likeness (QED) is 0.504. The lowest BCUT2D eigenvalue weighted by Crippen LogP contribution is -1.85. The van der Waals surface area contributed by atoms with Crippen LogP contribution in [0.1, 0.15) is 4.88 Å². The first-order valence-corrected chi connectivity index (χ1v) is 8.23. The summed E-state index contributed by atoms with van der Waals surface area (Å²) in [5, 5.41) is 0.986. The van der Waals surface area contributed by atoms with Crippen molar-refractivity contribution in [2.24, 2.45) is 0 Å². The summed E-state index contributed by atoms with van der Waals surface area (Å²) in [5.41, 5.74) is 2.24. The Bertz CT molecular complexity index is 778. The van der Waals surface area contributed by atoms with Crippen molar-refractivity contribution in [1.29, 1.82) is 0 Å². The summed E-state index contributed by atoms with van der Waals surface area (Å²) in [4.78, 5) is 5.61. The summed E-state index contributed by atoms with van der Waals surface area (Å²) >= 11 is 11.0. The second kappa shape index (κ2) is 5.87. The fraction of sp³-hybridized carbons (Fsp3) is 0.0625. The fourth-order valence-corrected chi connectivity index (χ4v) is 3.65. The molecule has 21 heavy (non-hydrogen) atoms. The van der Waals surface area contributed by atoms with Crippen LogP contribution in [-0.4, -0.2) is 4.98 Å². The van der Waals surface area contributed by atoms with Gasteiger partial charge in [0.1, 0.15) is 10.8 Å². The van der Waals surface area contributed by atoms with Gasteiger partial charge in [-0.3, -0.25) is 0 Å². The molecule has 0 amide bonds. The highest BCUT2D eigenvalue weighted by atomic mass is 79.9. The number of hydrogen-bond donors (Lipinski definition) is 0. The molecule has 0 saturated heterocycles. The van der Waals surface area contributed by atoms with Gasteiger partial charge in [-0.05, 0) is 31.2 Å². The molecule has 106 valence electrons. The van der Waals surface area contributed by atoms with Crippen LogP contribution in [0.25, 0.3) is 21.8 Å². The zero-order chi connectivity index (χ0) is 15.0. The van der Waals surface area contributed by atoms with E-state index in [-0.39, 0.29) is 5.82 Å². The minimum Gasteiger partial charge on any atom is -0.236 e. The van der Waals surface area contributed by atoms with E-state index in [4.69, 9.17) is 11.6 Å². The summed E-state index contributed by atoms with van der Waals surface area (Å²) in [6.07, 6.45) is 0. The number of nitrogens with zero attached hydrogens (tertiary/aromatic N) is 1. The Hall–Kier alpha value is -1.23. The number of aryl methyl sites for hydroxylation is 1. The van der Waals surface area contributed by atoms with Crippen LogP contribution in [0, 0.1) is 12.7 Å². The molecule has 0 aliphatic rings. The van der Waals surface area contributed by atoms with Crippen molar-refractivity contribution in [3.05, 3.63) is 62.7 Å². The van der Waals surface area contributed by atoms with Gasteiger partial charge < -0.3 is 0 Å². The molecule has 0 aliphatic heterocycles. The Morgan fingerprint density at radius 1 is 1.14 bits per heavy atom. The Balaban J connectivity index is 2.12.